The van der Waals surface area contributed by atoms with Crippen LogP contribution in [0.3, 0.4) is 0 Å². The predicted octanol–water partition coefficient (Wildman–Crippen LogP) is 1.33. The first-order valence-electron chi connectivity index (χ1n) is 8.99. The summed E-state index contributed by atoms with van der Waals surface area (Å²) in [5.74, 6) is -0.334. The van der Waals surface area contributed by atoms with Crippen molar-refractivity contribution in [3.05, 3.63) is 72.1 Å². The summed E-state index contributed by atoms with van der Waals surface area (Å²) in [5.41, 5.74) is 1.75. The summed E-state index contributed by atoms with van der Waals surface area (Å²) in [6.45, 7) is -0.137. The van der Waals surface area contributed by atoms with E-state index in [2.05, 4.69) is 20.8 Å². The van der Waals surface area contributed by atoms with Crippen LogP contribution in [-0.4, -0.2) is 45.8 Å². The van der Waals surface area contributed by atoms with Crippen molar-refractivity contribution in [1.29, 1.82) is 0 Å². The normalized spacial score (nSPS) is 11.5. The van der Waals surface area contributed by atoms with E-state index in [0.29, 0.717) is 12.2 Å². The van der Waals surface area contributed by atoms with Crippen molar-refractivity contribution >= 4 is 11.9 Å². The molecule has 0 unspecified atom stereocenters. The number of tetrazole rings is 1. The number of para-hydroxylation sites is 1. The quantitative estimate of drug-likeness (QED) is 0.545. The highest BCUT2D eigenvalue weighted by Crippen LogP contribution is 2.17. The van der Waals surface area contributed by atoms with Crippen molar-refractivity contribution in [1.82, 2.24) is 25.5 Å². The third-order valence-electron chi connectivity index (χ3n) is 4.24. The van der Waals surface area contributed by atoms with Crippen molar-refractivity contribution < 1.29 is 19.1 Å². The van der Waals surface area contributed by atoms with E-state index in [1.54, 1.807) is 7.11 Å². The Kier molecular flexibility index (Phi) is 6.88. The maximum atomic E-state index is 12.6. The van der Waals surface area contributed by atoms with Crippen LogP contribution < -0.4 is 10.1 Å². The standard InChI is InChI=1S/C20H21N5O4/c1-28-18-10-6-5-9-16(18)12-21-19(26)13-29-20(27)17(25-14-22-23-24-25)11-15-7-3-2-4-8-15/h2-10,14,17H,11-13H2,1H3,(H,21,26)/t17-/m0/s1. The van der Waals surface area contributed by atoms with Gasteiger partial charge in [0.1, 0.15) is 12.1 Å². The van der Waals surface area contributed by atoms with E-state index in [4.69, 9.17) is 9.47 Å². The van der Waals surface area contributed by atoms with Crippen molar-refractivity contribution in [3.8, 4) is 5.75 Å². The zero-order valence-electron chi connectivity index (χ0n) is 15.9. The Morgan fingerprint density at radius 2 is 1.86 bits per heavy atom. The molecular formula is C20H21N5O4. The monoisotopic (exact) mass is 395 g/mol. The second-order valence-corrected chi connectivity index (χ2v) is 6.19. The third-order valence-corrected chi connectivity index (χ3v) is 4.24. The Morgan fingerprint density at radius 1 is 1.10 bits per heavy atom. The van der Waals surface area contributed by atoms with Gasteiger partial charge in [0.15, 0.2) is 12.6 Å². The smallest absolute Gasteiger partial charge is 0.331 e. The average Bonchev–Trinajstić information content (AvgIpc) is 3.29. The summed E-state index contributed by atoms with van der Waals surface area (Å²) >= 11 is 0. The summed E-state index contributed by atoms with van der Waals surface area (Å²) in [4.78, 5) is 24.7. The van der Waals surface area contributed by atoms with Crippen LogP contribution in [0, 0.1) is 0 Å². The molecule has 1 N–H and O–H groups in total. The number of esters is 1. The van der Waals surface area contributed by atoms with Gasteiger partial charge in [-0.1, -0.05) is 48.5 Å². The molecule has 150 valence electrons. The minimum absolute atomic E-state index is 0.265. The number of methoxy groups -OCH3 is 1. The van der Waals surface area contributed by atoms with Crippen LogP contribution in [0.25, 0.3) is 0 Å². The number of benzene rings is 2. The lowest BCUT2D eigenvalue weighted by Crippen LogP contribution is -2.31. The van der Waals surface area contributed by atoms with E-state index in [0.717, 1.165) is 11.1 Å². The molecule has 0 saturated carbocycles. The van der Waals surface area contributed by atoms with Gasteiger partial charge < -0.3 is 14.8 Å². The second-order valence-electron chi connectivity index (χ2n) is 6.19. The van der Waals surface area contributed by atoms with Crippen molar-refractivity contribution in [2.45, 2.75) is 19.0 Å². The van der Waals surface area contributed by atoms with Gasteiger partial charge in [-0.15, -0.1) is 5.10 Å². The lowest BCUT2D eigenvalue weighted by atomic mass is 10.1. The molecule has 9 nitrogen and oxygen atoms in total. The molecule has 29 heavy (non-hydrogen) atoms. The first-order chi connectivity index (χ1) is 14.2. The van der Waals surface area contributed by atoms with Gasteiger partial charge in [-0.05, 0) is 22.1 Å². The lowest BCUT2D eigenvalue weighted by Gasteiger charge is -2.15. The summed E-state index contributed by atoms with van der Waals surface area (Å²) in [6, 6.07) is 16.0. The zero-order chi connectivity index (χ0) is 20.5. The molecule has 0 fully saturated rings. The molecule has 0 aliphatic rings. The molecule has 0 saturated heterocycles. The van der Waals surface area contributed by atoms with E-state index in [1.165, 1.54) is 11.0 Å². The molecule has 1 aromatic heterocycles. The highest BCUT2D eigenvalue weighted by atomic mass is 16.5. The number of hydrogen-bond donors (Lipinski definition) is 1. The van der Waals surface area contributed by atoms with Crippen LogP contribution in [0.15, 0.2) is 60.9 Å². The van der Waals surface area contributed by atoms with Gasteiger partial charge in [0.05, 0.1) is 7.11 Å². The lowest BCUT2D eigenvalue weighted by molar-refractivity contribution is -0.152. The molecule has 0 bridgehead atoms. The molecule has 1 atom stereocenters. The molecule has 0 aliphatic heterocycles. The number of ether oxygens (including phenoxy) is 2. The number of hydrogen-bond acceptors (Lipinski definition) is 7. The second kappa shape index (κ2) is 9.98. The van der Waals surface area contributed by atoms with Gasteiger partial charge in [0.2, 0.25) is 0 Å². The minimum Gasteiger partial charge on any atom is -0.496 e. The molecule has 3 rings (SSSR count). The molecule has 0 spiro atoms. The number of rotatable bonds is 9. The molecule has 2 aromatic carbocycles. The van der Waals surface area contributed by atoms with E-state index in [-0.39, 0.29) is 6.54 Å². The maximum Gasteiger partial charge on any atom is 0.331 e. The maximum absolute atomic E-state index is 12.6. The number of carbonyl (C=O) groups excluding carboxylic acids is 2. The van der Waals surface area contributed by atoms with Crippen LogP contribution in [0.5, 0.6) is 5.75 Å². The molecule has 9 heteroatoms. The SMILES string of the molecule is COc1ccccc1CNC(=O)COC(=O)[C@H](Cc1ccccc1)n1cnnn1. The number of carbonyl (C=O) groups is 2. The van der Waals surface area contributed by atoms with Crippen molar-refractivity contribution in [2.75, 3.05) is 13.7 Å². The third kappa shape index (κ3) is 5.61. The van der Waals surface area contributed by atoms with Crippen molar-refractivity contribution in [3.63, 3.8) is 0 Å². The molecule has 1 heterocycles. The number of nitrogens with one attached hydrogen (secondary N) is 1. The number of nitrogens with zero attached hydrogens (tertiary/aromatic N) is 4. The number of amides is 1. The van der Waals surface area contributed by atoms with Crippen LogP contribution in [-0.2, 0) is 27.3 Å². The fourth-order valence-electron chi connectivity index (χ4n) is 2.76. The topological polar surface area (TPSA) is 108 Å². The minimum atomic E-state index is -0.769. The van der Waals surface area contributed by atoms with Gasteiger partial charge in [-0.3, -0.25) is 4.79 Å². The van der Waals surface area contributed by atoms with E-state index in [1.807, 2.05) is 54.6 Å². The van der Waals surface area contributed by atoms with Crippen LogP contribution >= 0.6 is 0 Å². The van der Waals surface area contributed by atoms with Gasteiger partial charge in [-0.2, -0.15) is 0 Å². The van der Waals surface area contributed by atoms with Crippen molar-refractivity contribution in [2.24, 2.45) is 0 Å². The van der Waals surface area contributed by atoms with E-state index < -0.39 is 24.5 Å². The largest absolute Gasteiger partial charge is 0.496 e. The van der Waals surface area contributed by atoms with Gasteiger partial charge in [-0.25, -0.2) is 9.48 Å². The van der Waals surface area contributed by atoms with Gasteiger partial charge in [0, 0.05) is 18.5 Å². The fourth-order valence-corrected chi connectivity index (χ4v) is 2.76. The fraction of sp³-hybridized carbons (Fsp3) is 0.250. The van der Waals surface area contributed by atoms with Crippen LogP contribution in [0.2, 0.25) is 0 Å². The molecule has 0 aliphatic carbocycles. The predicted molar refractivity (Wildman–Crippen MR) is 103 cm³/mol. The Balaban J connectivity index is 1.56. The summed E-state index contributed by atoms with van der Waals surface area (Å²) in [7, 11) is 1.56. The Hall–Kier alpha value is -3.75. The molecule has 0 radical (unpaired) electrons. The zero-order valence-corrected chi connectivity index (χ0v) is 15.9. The summed E-state index contributed by atoms with van der Waals surface area (Å²) in [5, 5.41) is 13.7. The Bertz CT molecular complexity index is 931. The first kappa shape index (κ1) is 20.0. The highest BCUT2D eigenvalue weighted by molar-refractivity contribution is 5.81. The van der Waals surface area contributed by atoms with E-state index >= 15 is 0 Å². The van der Waals surface area contributed by atoms with Gasteiger partial charge >= 0.3 is 5.97 Å². The highest BCUT2D eigenvalue weighted by Gasteiger charge is 2.24. The molecular weight excluding hydrogens is 374 g/mol. The Labute approximate surface area is 167 Å². The Morgan fingerprint density at radius 3 is 2.59 bits per heavy atom. The summed E-state index contributed by atoms with van der Waals surface area (Å²) in [6.07, 6.45) is 1.68. The molecule has 3 aromatic rings. The van der Waals surface area contributed by atoms with E-state index in [9.17, 15) is 9.59 Å². The first-order valence-corrected chi connectivity index (χ1v) is 8.99. The number of aromatic nitrogens is 4. The van der Waals surface area contributed by atoms with Crippen LogP contribution in [0.1, 0.15) is 17.2 Å². The average molecular weight is 395 g/mol. The summed E-state index contributed by atoms with van der Waals surface area (Å²) < 4.78 is 11.8. The van der Waals surface area contributed by atoms with Gasteiger partial charge in [0.25, 0.3) is 5.91 Å². The molecule has 1 amide bonds. The van der Waals surface area contributed by atoms with Crippen LogP contribution in [0.4, 0.5) is 0 Å².